The highest BCUT2D eigenvalue weighted by Crippen LogP contribution is 2.31. The van der Waals surface area contributed by atoms with Gasteiger partial charge >= 0.3 is 0 Å². The molecule has 7 nitrogen and oxygen atoms in total. The Bertz CT molecular complexity index is 980. The number of benzene rings is 1. The van der Waals surface area contributed by atoms with Crippen LogP contribution in [0, 0.1) is 0 Å². The molecule has 0 radical (unpaired) electrons. The number of anilines is 2. The number of rotatable bonds is 15. The summed E-state index contributed by atoms with van der Waals surface area (Å²) >= 11 is 0. The molecule has 7 heteroatoms. The predicted molar refractivity (Wildman–Crippen MR) is 161 cm³/mol. The van der Waals surface area contributed by atoms with Crippen molar-refractivity contribution in [2.45, 2.75) is 97.9 Å². The molecule has 4 N–H and O–H groups in total. The quantitative estimate of drug-likeness (QED) is 0.224. The van der Waals surface area contributed by atoms with E-state index in [0.717, 1.165) is 93.8 Å². The Morgan fingerprint density at radius 1 is 1.11 bits per heavy atom. The molecule has 0 spiro atoms. The van der Waals surface area contributed by atoms with Gasteiger partial charge in [-0.05, 0) is 75.7 Å². The second kappa shape index (κ2) is 15.8. The normalized spacial score (nSPS) is 19.0. The van der Waals surface area contributed by atoms with Gasteiger partial charge in [0.25, 0.3) is 0 Å². The van der Waals surface area contributed by atoms with Gasteiger partial charge in [0.2, 0.25) is 5.95 Å². The average molecular weight is 523 g/mol. The first kappa shape index (κ1) is 30.1. The molecule has 0 aliphatic heterocycles. The average Bonchev–Trinajstić information content (AvgIpc) is 2.92. The minimum atomic E-state index is -0.179. The van der Waals surface area contributed by atoms with Crippen molar-refractivity contribution in [2.75, 3.05) is 36.8 Å². The van der Waals surface area contributed by atoms with Crippen LogP contribution < -0.4 is 16.0 Å². The van der Waals surface area contributed by atoms with Crippen molar-refractivity contribution < 1.29 is 5.11 Å². The van der Waals surface area contributed by atoms with Gasteiger partial charge in [-0.1, -0.05) is 57.5 Å². The summed E-state index contributed by atoms with van der Waals surface area (Å²) < 4.78 is 0. The molecule has 1 aromatic carbocycles. The summed E-state index contributed by atoms with van der Waals surface area (Å²) in [5.41, 5.74) is 4.57. The molecular formula is C31H50N6O. The number of hydrogen-bond acceptors (Lipinski definition) is 7. The number of hydrogen-bond donors (Lipinski definition) is 4. The molecule has 1 fully saturated rings. The van der Waals surface area contributed by atoms with Crippen molar-refractivity contribution in [2.24, 2.45) is 0 Å². The summed E-state index contributed by atoms with van der Waals surface area (Å²) in [5, 5.41) is 20.7. The monoisotopic (exact) mass is 522 g/mol. The molecule has 1 aromatic heterocycles. The molecule has 1 aliphatic rings. The largest absolute Gasteiger partial charge is 0.393 e. The molecule has 1 atom stereocenters. The van der Waals surface area contributed by atoms with Crippen molar-refractivity contribution in [3.63, 3.8) is 0 Å². The molecule has 3 rings (SSSR count). The van der Waals surface area contributed by atoms with E-state index in [-0.39, 0.29) is 6.10 Å². The molecule has 210 valence electrons. The highest BCUT2D eigenvalue weighted by molar-refractivity contribution is 5.85. The van der Waals surface area contributed by atoms with Crippen molar-refractivity contribution in [1.82, 2.24) is 20.2 Å². The van der Waals surface area contributed by atoms with Gasteiger partial charge in [-0.25, -0.2) is 4.98 Å². The summed E-state index contributed by atoms with van der Waals surface area (Å²) in [6.07, 6.45) is 9.67. The number of aromatic nitrogens is 2. The SMILES string of the molecule is C/C=C(/c1ccc(CNCCN(CC)CC)cc1)c1cnc(NC(C)CCC)nc1N[C@H]1CC[C@H](O)CC1. The van der Waals surface area contributed by atoms with Crippen molar-refractivity contribution >= 4 is 17.3 Å². The summed E-state index contributed by atoms with van der Waals surface area (Å²) in [6, 6.07) is 9.44. The molecule has 0 bridgehead atoms. The van der Waals surface area contributed by atoms with E-state index in [2.05, 4.69) is 85.8 Å². The van der Waals surface area contributed by atoms with Gasteiger partial charge in [0.15, 0.2) is 0 Å². The van der Waals surface area contributed by atoms with E-state index < -0.39 is 0 Å². The zero-order valence-electron chi connectivity index (χ0n) is 24.3. The fourth-order valence-electron chi connectivity index (χ4n) is 5.19. The van der Waals surface area contributed by atoms with Gasteiger partial charge in [-0.2, -0.15) is 4.98 Å². The molecule has 0 saturated heterocycles. The van der Waals surface area contributed by atoms with Crippen LogP contribution in [0.1, 0.15) is 89.8 Å². The molecule has 1 heterocycles. The van der Waals surface area contributed by atoms with E-state index in [1.54, 1.807) is 0 Å². The van der Waals surface area contributed by atoms with Gasteiger partial charge < -0.3 is 26.0 Å². The lowest BCUT2D eigenvalue weighted by molar-refractivity contribution is 0.126. The van der Waals surface area contributed by atoms with Crippen LogP contribution in [0.3, 0.4) is 0 Å². The molecule has 1 saturated carbocycles. The number of aliphatic hydroxyl groups is 1. The number of nitrogens with zero attached hydrogens (tertiary/aromatic N) is 3. The maximum absolute atomic E-state index is 9.97. The molecule has 38 heavy (non-hydrogen) atoms. The van der Waals surface area contributed by atoms with E-state index in [0.29, 0.717) is 18.0 Å². The van der Waals surface area contributed by atoms with Gasteiger partial charge in [0, 0.05) is 43.5 Å². The van der Waals surface area contributed by atoms with Crippen LogP contribution in [-0.4, -0.2) is 64.3 Å². The van der Waals surface area contributed by atoms with E-state index in [1.165, 1.54) is 5.56 Å². The van der Waals surface area contributed by atoms with Crippen LogP contribution in [0.15, 0.2) is 36.5 Å². The predicted octanol–water partition coefficient (Wildman–Crippen LogP) is 5.68. The van der Waals surface area contributed by atoms with E-state index in [9.17, 15) is 5.11 Å². The zero-order chi connectivity index (χ0) is 27.3. The summed E-state index contributed by atoms with van der Waals surface area (Å²) in [7, 11) is 0. The fraction of sp³-hybridized carbons (Fsp3) is 0.613. The van der Waals surface area contributed by atoms with E-state index in [1.807, 2.05) is 6.20 Å². The van der Waals surface area contributed by atoms with E-state index >= 15 is 0 Å². The summed E-state index contributed by atoms with van der Waals surface area (Å²) in [5.74, 6) is 1.53. The number of nitrogens with one attached hydrogen (secondary N) is 3. The molecule has 0 amide bonds. The Kier molecular flexibility index (Phi) is 12.5. The van der Waals surface area contributed by atoms with Crippen LogP contribution >= 0.6 is 0 Å². The standard InChI is InChI=1S/C31H50N6O/c1-6-10-23(5)34-31-33-22-29(30(36-31)35-26-15-17-27(38)18-16-26)28(7-2)25-13-11-24(12-14-25)21-32-19-20-37(8-3)9-4/h7,11-14,22-23,26-27,32,38H,6,8-10,15-21H2,1-5H3,(H2,33,34,35,36)/b28-7-/t23?,26-,27-. The Labute approximate surface area is 230 Å². The van der Waals surface area contributed by atoms with Crippen molar-refractivity contribution in [1.29, 1.82) is 0 Å². The highest BCUT2D eigenvalue weighted by atomic mass is 16.3. The maximum atomic E-state index is 9.97. The molecule has 2 aromatic rings. The second-order valence-electron chi connectivity index (χ2n) is 10.5. The molecule has 1 aliphatic carbocycles. The van der Waals surface area contributed by atoms with Gasteiger partial charge in [-0.15, -0.1) is 0 Å². The first-order valence-electron chi connectivity index (χ1n) is 14.7. The van der Waals surface area contributed by atoms with E-state index in [4.69, 9.17) is 9.97 Å². The summed E-state index contributed by atoms with van der Waals surface area (Å²) in [4.78, 5) is 12.1. The first-order valence-corrected chi connectivity index (χ1v) is 14.7. The van der Waals surface area contributed by atoms with Gasteiger partial charge in [0.1, 0.15) is 5.82 Å². The third-order valence-corrected chi connectivity index (χ3v) is 7.60. The minimum Gasteiger partial charge on any atom is -0.393 e. The third kappa shape index (κ3) is 9.07. The van der Waals surface area contributed by atoms with Crippen molar-refractivity contribution in [3.8, 4) is 0 Å². The Balaban J connectivity index is 1.75. The van der Waals surface area contributed by atoms with Crippen LogP contribution in [-0.2, 0) is 6.54 Å². The van der Waals surface area contributed by atoms with Crippen LogP contribution in [0.25, 0.3) is 5.57 Å². The lowest BCUT2D eigenvalue weighted by atomic mass is 9.92. The highest BCUT2D eigenvalue weighted by Gasteiger charge is 2.22. The molecule has 1 unspecified atom stereocenters. The number of aliphatic hydroxyl groups excluding tert-OH is 1. The third-order valence-electron chi connectivity index (χ3n) is 7.60. The lowest BCUT2D eigenvalue weighted by Gasteiger charge is -2.28. The van der Waals surface area contributed by atoms with Crippen LogP contribution in [0.4, 0.5) is 11.8 Å². The van der Waals surface area contributed by atoms with Crippen LogP contribution in [0.2, 0.25) is 0 Å². The first-order chi connectivity index (χ1) is 18.5. The minimum absolute atomic E-state index is 0.179. The van der Waals surface area contributed by atoms with Gasteiger partial charge in [0.05, 0.1) is 6.10 Å². The fourth-order valence-corrected chi connectivity index (χ4v) is 5.19. The summed E-state index contributed by atoms with van der Waals surface area (Å²) in [6.45, 7) is 16.0. The second-order valence-corrected chi connectivity index (χ2v) is 10.5. The van der Waals surface area contributed by atoms with Gasteiger partial charge in [-0.3, -0.25) is 0 Å². The lowest BCUT2D eigenvalue weighted by Crippen LogP contribution is -2.31. The maximum Gasteiger partial charge on any atom is 0.224 e. The number of likely N-dealkylation sites (N-methyl/N-ethyl adjacent to an activating group) is 1. The number of allylic oxidation sites excluding steroid dienone is 1. The Morgan fingerprint density at radius 2 is 1.82 bits per heavy atom. The Morgan fingerprint density at radius 3 is 2.45 bits per heavy atom. The smallest absolute Gasteiger partial charge is 0.224 e. The Hall–Kier alpha value is -2.48. The zero-order valence-corrected chi connectivity index (χ0v) is 24.3. The van der Waals surface area contributed by atoms with Crippen LogP contribution in [0.5, 0.6) is 0 Å². The molecular weight excluding hydrogens is 472 g/mol. The topological polar surface area (TPSA) is 85.3 Å². The van der Waals surface area contributed by atoms with Crippen molar-refractivity contribution in [3.05, 3.63) is 53.2 Å².